The van der Waals surface area contributed by atoms with E-state index in [1.54, 1.807) is 0 Å². The van der Waals surface area contributed by atoms with Crippen LogP contribution in [0.2, 0.25) is 5.28 Å². The minimum Gasteiger partial charge on any atom is -0.386 e. The zero-order chi connectivity index (χ0) is 31.8. The Balaban J connectivity index is 1.15. The number of rotatable bonds is 2. The van der Waals surface area contributed by atoms with E-state index < -0.39 is 75.3 Å². The van der Waals surface area contributed by atoms with E-state index >= 15 is 0 Å². The number of hydrogen-bond acceptors (Lipinski definition) is 17. The minimum absolute atomic E-state index is 0.000989. The summed E-state index contributed by atoms with van der Waals surface area (Å²) in [6.07, 6.45) is -5.40. The molecule has 0 aliphatic carbocycles. The van der Waals surface area contributed by atoms with Gasteiger partial charge in [0.2, 0.25) is 11.2 Å². The molecule has 7 N–H and O–H groups in total. The van der Waals surface area contributed by atoms with Crippen LogP contribution in [0.1, 0.15) is 18.9 Å². The van der Waals surface area contributed by atoms with Crippen LogP contribution in [0, 0.1) is 0 Å². The van der Waals surface area contributed by atoms with Gasteiger partial charge < -0.3 is 40.0 Å². The Morgan fingerprint density at radius 3 is 2.53 bits per heavy atom. The second kappa shape index (κ2) is 11.4. The summed E-state index contributed by atoms with van der Waals surface area (Å²) in [5.41, 5.74) is 11.5. The largest absolute Gasteiger partial charge is 0.386 e. The summed E-state index contributed by atoms with van der Waals surface area (Å²) in [6, 6.07) is 0. The molecule has 4 aromatic heterocycles. The number of nitrogen functional groups attached to an aromatic ring is 2. The zero-order valence-electron chi connectivity index (χ0n) is 22.4. The van der Waals surface area contributed by atoms with Gasteiger partial charge in [0.25, 0.3) is 5.56 Å². The lowest BCUT2D eigenvalue weighted by Gasteiger charge is -2.29. The Morgan fingerprint density at radius 1 is 1.02 bits per heavy atom. The predicted octanol–water partition coefficient (Wildman–Crippen LogP) is 0.395. The van der Waals surface area contributed by atoms with Crippen LogP contribution in [-0.2, 0) is 43.9 Å². The summed E-state index contributed by atoms with van der Waals surface area (Å²) < 4.78 is 51.0. The van der Waals surface area contributed by atoms with Crippen molar-refractivity contribution in [2.24, 2.45) is 0 Å². The number of halogens is 1. The molecule has 7 rings (SSSR count). The number of imidazole rings is 2. The van der Waals surface area contributed by atoms with Crippen molar-refractivity contribution >= 4 is 83.3 Å². The van der Waals surface area contributed by atoms with Crippen molar-refractivity contribution in [2.75, 3.05) is 24.7 Å². The van der Waals surface area contributed by atoms with Gasteiger partial charge in [0.15, 0.2) is 28.9 Å². The average molecular weight is 725 g/mol. The van der Waals surface area contributed by atoms with Crippen molar-refractivity contribution in [2.45, 2.75) is 49.4 Å². The van der Waals surface area contributed by atoms with E-state index in [1.165, 1.54) is 21.8 Å². The third kappa shape index (κ3) is 5.88. The number of thiol groups is 1. The molecule has 4 aromatic rings. The molecule has 45 heavy (non-hydrogen) atoms. The first-order chi connectivity index (χ1) is 21.3. The zero-order valence-corrected chi connectivity index (χ0v) is 26.6. The molecule has 5 unspecified atom stereocenters. The van der Waals surface area contributed by atoms with Crippen molar-refractivity contribution in [3.8, 4) is 0 Å². The second-order valence-corrected chi connectivity index (χ2v) is 16.1. The number of aromatic amines is 1. The summed E-state index contributed by atoms with van der Waals surface area (Å²) >= 11 is 15.4. The quantitative estimate of drug-likeness (QED) is 0.0927. The molecule has 3 saturated heterocycles. The number of ether oxygens (including phenoxy) is 2. The first kappa shape index (κ1) is 31.3. The maximum absolute atomic E-state index is 13.4. The lowest BCUT2D eigenvalue weighted by Crippen LogP contribution is -2.37. The third-order valence-corrected chi connectivity index (χ3v) is 10.6. The molecular weight excluding hydrogens is 702 g/mol. The van der Waals surface area contributed by atoms with E-state index in [2.05, 4.69) is 42.2 Å². The lowest BCUT2D eigenvalue weighted by molar-refractivity contribution is -0.0573. The average Bonchev–Trinajstić information content (AvgIpc) is 3.71. The number of aromatic nitrogens is 8. The molecule has 242 valence electrons. The standard InChI is InChI=1S/C20H23ClN10O10P2S2/c21-19-26-14(22)10-15(27-19)30(4-24-10)9-1-6-7(38-9)2-36-43(35,45)41-13-8(3-37-42(34,44)40-6)39-18(12(13)32)31-5-25-11-16(31)28-20(23)29-17(11)33/h4-9,12-13,18,32H,1-3H2,(H,34,44)(H,35,45)(H2,22,26,27)(H3,23,28,29,33)/t6?,7-,8-,9-,12?,13?,18-,42?,43?/m1/s1. The molecule has 0 radical (unpaired) electrons. The fourth-order valence-electron chi connectivity index (χ4n) is 5.32. The third-order valence-electron chi connectivity index (χ3n) is 7.27. The van der Waals surface area contributed by atoms with Gasteiger partial charge in [-0.3, -0.25) is 28.0 Å². The Bertz CT molecular complexity index is 1960. The van der Waals surface area contributed by atoms with Crippen molar-refractivity contribution < 1.29 is 42.1 Å². The topological polar surface area (TPSA) is 272 Å². The Kier molecular flexibility index (Phi) is 7.96. The van der Waals surface area contributed by atoms with E-state index in [0.717, 1.165) is 0 Å². The van der Waals surface area contributed by atoms with Crippen molar-refractivity contribution in [3.63, 3.8) is 0 Å². The fraction of sp³-hybridized carbons (Fsp3) is 0.500. The fourth-order valence-corrected chi connectivity index (χ4v) is 8.45. The molecule has 0 spiro atoms. The van der Waals surface area contributed by atoms with Crippen LogP contribution in [0.15, 0.2) is 17.4 Å². The summed E-state index contributed by atoms with van der Waals surface area (Å²) in [5.74, 6) is -0.135. The summed E-state index contributed by atoms with van der Waals surface area (Å²) in [4.78, 5) is 46.0. The van der Waals surface area contributed by atoms with Gasteiger partial charge in [0.05, 0.1) is 32.0 Å². The normalized spacial score (nSPS) is 36.0. The van der Waals surface area contributed by atoms with Crippen LogP contribution in [0.4, 0.5) is 11.8 Å². The minimum atomic E-state index is -4.23. The Morgan fingerprint density at radius 2 is 1.73 bits per heavy atom. The number of anilines is 2. The van der Waals surface area contributed by atoms with Gasteiger partial charge in [0.1, 0.15) is 36.2 Å². The van der Waals surface area contributed by atoms with E-state index in [0.29, 0.717) is 0 Å². The summed E-state index contributed by atoms with van der Waals surface area (Å²) in [5, 5.41) is 11.1. The van der Waals surface area contributed by atoms with Gasteiger partial charge in [-0.2, -0.15) is 15.0 Å². The number of aliphatic hydroxyl groups is 1. The highest BCUT2D eigenvalue weighted by molar-refractivity contribution is 8.44. The van der Waals surface area contributed by atoms with Crippen molar-refractivity contribution in [1.82, 2.24) is 39.0 Å². The number of nitrogens with two attached hydrogens (primary N) is 2. The molecule has 3 aliphatic rings. The Hall–Kier alpha value is -2.30. The number of nitrogens with zero attached hydrogens (tertiary/aromatic N) is 7. The monoisotopic (exact) mass is 724 g/mol. The number of fused-ring (bicyclic) bond motifs is 4. The van der Waals surface area contributed by atoms with E-state index in [-0.39, 0.29) is 45.8 Å². The molecular formula is C20H23ClN10O10P2S2. The van der Waals surface area contributed by atoms with Crippen LogP contribution >= 0.6 is 37.4 Å². The highest BCUT2D eigenvalue weighted by Crippen LogP contribution is 2.58. The van der Waals surface area contributed by atoms with Crippen LogP contribution in [0.3, 0.4) is 0 Å². The van der Waals surface area contributed by atoms with Gasteiger partial charge in [-0.1, -0.05) is 12.2 Å². The second-order valence-electron chi connectivity index (χ2n) is 10.1. The molecule has 0 amide bonds. The maximum Gasteiger partial charge on any atom is 0.386 e. The van der Waals surface area contributed by atoms with E-state index in [4.69, 9.17) is 62.4 Å². The molecule has 25 heteroatoms. The SMILES string of the molecule is Nc1nc2c(ncn2[C@@H]2O[C@@H]3COP(O)(=S)OC4C[C@H](n5cnc6c(N)nc(Cl)nc65)O[C@@H]4COP(=O)(S)OC3C2O)c(=O)[nH]1. The molecule has 0 bridgehead atoms. The highest BCUT2D eigenvalue weighted by atomic mass is 35.5. The molecule has 0 saturated carbocycles. The maximum atomic E-state index is 13.4. The summed E-state index contributed by atoms with van der Waals surface area (Å²) in [7, 11) is 0. The van der Waals surface area contributed by atoms with Crippen LogP contribution < -0.4 is 17.0 Å². The van der Waals surface area contributed by atoms with Gasteiger partial charge in [-0.25, -0.2) is 14.5 Å². The number of nitrogens with one attached hydrogen (secondary N) is 1. The molecule has 7 heterocycles. The van der Waals surface area contributed by atoms with Crippen molar-refractivity contribution in [1.29, 1.82) is 0 Å². The highest BCUT2D eigenvalue weighted by Gasteiger charge is 2.51. The van der Waals surface area contributed by atoms with E-state index in [9.17, 15) is 19.4 Å². The number of H-pyrrole nitrogens is 1. The first-order valence-corrected chi connectivity index (χ1v) is 18.6. The van der Waals surface area contributed by atoms with Crippen LogP contribution in [0.25, 0.3) is 22.3 Å². The number of aliphatic hydroxyl groups excluding tert-OH is 1. The molecule has 0 aromatic carbocycles. The first-order valence-electron chi connectivity index (χ1n) is 13.0. The van der Waals surface area contributed by atoms with Gasteiger partial charge in [-0.15, -0.1) is 0 Å². The predicted molar refractivity (Wildman–Crippen MR) is 160 cm³/mol. The van der Waals surface area contributed by atoms with Gasteiger partial charge >= 0.3 is 13.5 Å². The molecule has 9 atom stereocenters. The molecule has 3 aliphatic heterocycles. The molecule has 3 fully saturated rings. The number of hydrogen-bond donors (Lipinski definition) is 6. The van der Waals surface area contributed by atoms with Crippen LogP contribution in [-0.4, -0.2) is 92.8 Å². The van der Waals surface area contributed by atoms with Gasteiger partial charge in [-0.05, 0) is 23.4 Å². The molecule has 20 nitrogen and oxygen atoms in total. The van der Waals surface area contributed by atoms with E-state index in [1.807, 2.05) is 0 Å². The summed E-state index contributed by atoms with van der Waals surface area (Å²) in [6.45, 7) is -9.12. The Labute approximate surface area is 266 Å². The van der Waals surface area contributed by atoms with Crippen molar-refractivity contribution in [3.05, 3.63) is 28.3 Å². The lowest BCUT2D eigenvalue weighted by atomic mass is 10.1. The smallest absolute Gasteiger partial charge is 0.386 e. The van der Waals surface area contributed by atoms with Gasteiger partial charge in [0, 0.05) is 6.42 Å². The van der Waals surface area contributed by atoms with Crippen LogP contribution in [0.5, 0.6) is 0 Å².